The summed E-state index contributed by atoms with van der Waals surface area (Å²) < 4.78 is 5.52. The fourth-order valence-electron chi connectivity index (χ4n) is 5.58. The van der Waals surface area contributed by atoms with Crippen LogP contribution >= 0.6 is 0 Å². The van der Waals surface area contributed by atoms with E-state index in [1.807, 2.05) is 19.1 Å². The van der Waals surface area contributed by atoms with Gasteiger partial charge >= 0.3 is 0 Å². The lowest BCUT2D eigenvalue weighted by Gasteiger charge is -2.58. The van der Waals surface area contributed by atoms with Crippen LogP contribution in [0.25, 0.3) is 0 Å². The number of aromatic nitrogens is 1. The fraction of sp³-hybridized carbons (Fsp3) is 0.700. The highest BCUT2D eigenvalue weighted by Crippen LogP contribution is 2.63. The zero-order valence-electron chi connectivity index (χ0n) is 15.6. The smallest absolute Gasteiger partial charge is 0.146 e. The summed E-state index contributed by atoms with van der Waals surface area (Å²) in [6, 6.07) is 6.18. The Morgan fingerprint density at radius 1 is 1.32 bits per heavy atom. The van der Waals surface area contributed by atoms with Crippen molar-refractivity contribution in [3.8, 4) is 6.07 Å². The molecule has 0 amide bonds. The van der Waals surface area contributed by atoms with Crippen molar-refractivity contribution in [1.29, 1.82) is 5.26 Å². The van der Waals surface area contributed by atoms with E-state index in [9.17, 15) is 5.26 Å². The maximum atomic E-state index is 9.51. The number of aryl methyl sites for hydroxylation is 1. The second-order valence-corrected chi connectivity index (χ2v) is 8.78. The van der Waals surface area contributed by atoms with Crippen LogP contribution in [0.5, 0.6) is 0 Å². The Labute approximate surface area is 150 Å². The van der Waals surface area contributed by atoms with Crippen LogP contribution in [0.2, 0.25) is 0 Å². The molecule has 4 rings (SSSR count). The highest BCUT2D eigenvalue weighted by molar-refractivity contribution is 5.56. The third-order valence-corrected chi connectivity index (χ3v) is 6.48. The molecule has 2 aliphatic heterocycles. The summed E-state index contributed by atoms with van der Waals surface area (Å²) in [5.41, 5.74) is 2.39. The van der Waals surface area contributed by atoms with Crippen molar-refractivity contribution in [3.63, 3.8) is 0 Å². The molecule has 0 bridgehead atoms. The summed E-state index contributed by atoms with van der Waals surface area (Å²) in [6.45, 7) is 13.8. The standard InChI is InChI=1S/C20H28N4O/c1-15-4-5-16(10-21)18(22-15)24-11-17-19(2,3)12-20(17,14-24)13-23-6-8-25-9-7-23/h4-5,17H,6-9,11-14H2,1-3H3/t17-,20+/m1/s1. The van der Waals surface area contributed by atoms with Gasteiger partial charge in [-0.1, -0.05) is 13.8 Å². The minimum Gasteiger partial charge on any atom is -0.379 e. The lowest BCUT2D eigenvalue weighted by Crippen LogP contribution is -2.59. The molecule has 2 saturated heterocycles. The molecule has 0 unspecified atom stereocenters. The van der Waals surface area contributed by atoms with E-state index in [1.54, 1.807) is 0 Å². The lowest BCUT2D eigenvalue weighted by molar-refractivity contribution is -0.0963. The molecule has 1 aliphatic carbocycles. The molecule has 0 spiro atoms. The molecule has 1 saturated carbocycles. The van der Waals surface area contributed by atoms with Gasteiger partial charge in [0, 0.05) is 43.8 Å². The molecule has 3 aliphatic rings. The predicted octanol–water partition coefficient (Wildman–Crippen LogP) is 2.45. The Morgan fingerprint density at radius 3 is 2.76 bits per heavy atom. The summed E-state index contributed by atoms with van der Waals surface area (Å²) >= 11 is 0. The van der Waals surface area contributed by atoms with Crippen LogP contribution in [-0.4, -0.2) is 55.8 Å². The third kappa shape index (κ3) is 2.82. The molecule has 5 nitrogen and oxygen atoms in total. The van der Waals surface area contributed by atoms with Gasteiger partial charge in [-0.05, 0) is 36.8 Å². The van der Waals surface area contributed by atoms with Crippen molar-refractivity contribution >= 4 is 5.82 Å². The number of morpholine rings is 1. The summed E-state index contributed by atoms with van der Waals surface area (Å²) in [6.07, 6.45) is 1.26. The van der Waals surface area contributed by atoms with Crippen molar-refractivity contribution in [2.75, 3.05) is 50.8 Å². The third-order valence-electron chi connectivity index (χ3n) is 6.48. The molecule has 0 N–H and O–H groups in total. The minimum atomic E-state index is 0.332. The van der Waals surface area contributed by atoms with E-state index >= 15 is 0 Å². The van der Waals surface area contributed by atoms with E-state index in [1.165, 1.54) is 6.42 Å². The largest absolute Gasteiger partial charge is 0.379 e. The van der Waals surface area contributed by atoms with Crippen molar-refractivity contribution < 1.29 is 4.74 Å². The van der Waals surface area contributed by atoms with Crippen molar-refractivity contribution in [2.45, 2.75) is 27.2 Å². The van der Waals surface area contributed by atoms with Crippen LogP contribution in [0.4, 0.5) is 5.82 Å². The zero-order valence-corrected chi connectivity index (χ0v) is 15.6. The zero-order chi connectivity index (χ0) is 17.7. The van der Waals surface area contributed by atoms with E-state index in [2.05, 4.69) is 29.7 Å². The van der Waals surface area contributed by atoms with E-state index in [4.69, 9.17) is 9.72 Å². The number of anilines is 1. The second-order valence-electron chi connectivity index (χ2n) is 8.78. The van der Waals surface area contributed by atoms with Crippen LogP contribution in [0.3, 0.4) is 0 Å². The monoisotopic (exact) mass is 340 g/mol. The maximum absolute atomic E-state index is 9.51. The van der Waals surface area contributed by atoms with Gasteiger partial charge in [-0.25, -0.2) is 4.98 Å². The summed E-state index contributed by atoms with van der Waals surface area (Å²) in [7, 11) is 0. The van der Waals surface area contributed by atoms with E-state index < -0.39 is 0 Å². The quantitative estimate of drug-likeness (QED) is 0.846. The van der Waals surface area contributed by atoms with Crippen molar-refractivity contribution in [3.05, 3.63) is 23.4 Å². The van der Waals surface area contributed by atoms with Gasteiger partial charge in [-0.15, -0.1) is 0 Å². The average Bonchev–Trinajstić information content (AvgIpc) is 2.90. The molecule has 3 heterocycles. The number of nitrogens with zero attached hydrogens (tertiary/aromatic N) is 4. The van der Waals surface area contributed by atoms with Crippen LogP contribution in [0.1, 0.15) is 31.5 Å². The number of fused-ring (bicyclic) bond motifs is 1. The molecular formula is C20H28N4O. The van der Waals surface area contributed by atoms with Gasteiger partial charge in [-0.2, -0.15) is 5.26 Å². The number of pyridine rings is 1. The highest BCUT2D eigenvalue weighted by atomic mass is 16.5. The number of hydrogen-bond acceptors (Lipinski definition) is 5. The molecule has 3 fully saturated rings. The number of ether oxygens (including phenoxy) is 1. The summed E-state index contributed by atoms with van der Waals surface area (Å²) in [5, 5.41) is 9.51. The molecule has 0 aromatic carbocycles. The average molecular weight is 340 g/mol. The molecule has 5 heteroatoms. The molecule has 0 radical (unpaired) electrons. The molecule has 2 atom stereocenters. The van der Waals surface area contributed by atoms with Gasteiger partial charge in [0.2, 0.25) is 0 Å². The van der Waals surface area contributed by atoms with E-state index in [-0.39, 0.29) is 0 Å². The maximum Gasteiger partial charge on any atom is 0.146 e. The summed E-state index contributed by atoms with van der Waals surface area (Å²) in [4.78, 5) is 9.67. The van der Waals surface area contributed by atoms with Gasteiger partial charge in [0.1, 0.15) is 11.9 Å². The Morgan fingerprint density at radius 2 is 2.08 bits per heavy atom. The Balaban J connectivity index is 1.60. The first kappa shape index (κ1) is 16.8. The first-order chi connectivity index (χ1) is 11.9. The van der Waals surface area contributed by atoms with E-state index in [0.717, 1.165) is 57.4 Å². The summed E-state index contributed by atoms with van der Waals surface area (Å²) in [5.74, 6) is 1.55. The second kappa shape index (κ2) is 5.96. The normalized spacial score (nSPS) is 31.3. The lowest BCUT2D eigenvalue weighted by atomic mass is 9.48. The topological polar surface area (TPSA) is 52.4 Å². The highest BCUT2D eigenvalue weighted by Gasteiger charge is 2.63. The van der Waals surface area contributed by atoms with Crippen LogP contribution in [-0.2, 0) is 4.74 Å². The molecular weight excluding hydrogens is 312 g/mol. The molecule has 134 valence electrons. The van der Waals surface area contributed by atoms with Gasteiger partial charge in [0.25, 0.3) is 0 Å². The molecule has 1 aromatic heterocycles. The Hall–Kier alpha value is -1.64. The number of nitriles is 1. The first-order valence-corrected chi connectivity index (χ1v) is 9.36. The van der Waals surface area contributed by atoms with E-state index in [0.29, 0.717) is 22.3 Å². The van der Waals surface area contributed by atoms with Crippen LogP contribution < -0.4 is 4.90 Å². The van der Waals surface area contributed by atoms with Crippen LogP contribution in [0, 0.1) is 35.0 Å². The first-order valence-electron chi connectivity index (χ1n) is 9.36. The molecule has 1 aromatic rings. The Kier molecular flexibility index (Phi) is 4.01. The molecule has 25 heavy (non-hydrogen) atoms. The predicted molar refractivity (Wildman–Crippen MR) is 97.5 cm³/mol. The van der Waals surface area contributed by atoms with Crippen molar-refractivity contribution in [1.82, 2.24) is 9.88 Å². The van der Waals surface area contributed by atoms with Crippen molar-refractivity contribution in [2.24, 2.45) is 16.7 Å². The van der Waals surface area contributed by atoms with Gasteiger partial charge in [-0.3, -0.25) is 4.90 Å². The SMILES string of the molecule is Cc1ccc(C#N)c(N2C[C@@H]3C(C)(C)C[C@]3(CN3CCOCC3)C2)n1. The van der Waals surface area contributed by atoms with Gasteiger partial charge in [0.05, 0.1) is 18.8 Å². The Bertz CT molecular complexity index is 704. The number of hydrogen-bond donors (Lipinski definition) is 0. The van der Waals surface area contributed by atoms with Gasteiger partial charge < -0.3 is 9.64 Å². The van der Waals surface area contributed by atoms with Gasteiger partial charge in [0.15, 0.2) is 0 Å². The minimum absolute atomic E-state index is 0.332. The fourth-order valence-corrected chi connectivity index (χ4v) is 5.58. The van der Waals surface area contributed by atoms with Crippen LogP contribution in [0.15, 0.2) is 12.1 Å². The number of rotatable bonds is 3.